The van der Waals surface area contributed by atoms with Crippen LogP contribution in [-0.2, 0) is 10.0 Å². The molecule has 1 fully saturated rings. The van der Waals surface area contributed by atoms with E-state index in [0.29, 0.717) is 17.5 Å². The first kappa shape index (κ1) is 14.2. The molecule has 1 saturated carbocycles. The number of hydrogen-bond donors (Lipinski definition) is 1. The molecule has 0 spiro atoms. The van der Waals surface area contributed by atoms with Gasteiger partial charge >= 0.3 is 0 Å². The zero-order valence-electron chi connectivity index (χ0n) is 12.2. The van der Waals surface area contributed by atoms with Gasteiger partial charge in [0, 0.05) is 0 Å². The Balaban J connectivity index is 1.85. The normalized spacial score (nSPS) is 16.5. The molecule has 21 heavy (non-hydrogen) atoms. The highest BCUT2D eigenvalue weighted by atomic mass is 32.2. The van der Waals surface area contributed by atoms with Crippen molar-refractivity contribution in [1.29, 1.82) is 0 Å². The molecule has 0 amide bonds. The van der Waals surface area contributed by atoms with Crippen LogP contribution >= 0.6 is 0 Å². The Morgan fingerprint density at radius 3 is 2.62 bits per heavy atom. The Kier molecular flexibility index (Phi) is 3.52. The van der Waals surface area contributed by atoms with Gasteiger partial charge in [-0.3, -0.25) is 9.40 Å². The molecule has 0 unspecified atom stereocenters. The van der Waals surface area contributed by atoms with Crippen LogP contribution in [0.25, 0.3) is 0 Å². The lowest BCUT2D eigenvalue weighted by molar-refractivity contribution is 0.430. The summed E-state index contributed by atoms with van der Waals surface area (Å²) in [6.07, 6.45) is 6.19. The largest absolute Gasteiger partial charge is 0.448 e. The van der Waals surface area contributed by atoms with Crippen LogP contribution in [0.2, 0.25) is 0 Å². The molecule has 0 bridgehead atoms. The standard InChI is InChI=1S/C14H19N3O3S/c1-10-7-8-14(20-10)21(18,19)16-13-9-15-17(11(13)2)12-5-3-4-6-12/h7-9,12,16H,3-6H2,1-2H3. The number of aromatic nitrogens is 2. The highest BCUT2D eigenvalue weighted by Gasteiger charge is 2.24. The predicted molar refractivity (Wildman–Crippen MR) is 78.7 cm³/mol. The molecule has 2 heterocycles. The molecule has 0 aromatic carbocycles. The minimum atomic E-state index is -3.70. The van der Waals surface area contributed by atoms with Crippen LogP contribution in [0.5, 0.6) is 0 Å². The highest BCUT2D eigenvalue weighted by Crippen LogP contribution is 2.32. The fourth-order valence-electron chi connectivity index (χ4n) is 2.79. The van der Waals surface area contributed by atoms with E-state index < -0.39 is 10.0 Å². The van der Waals surface area contributed by atoms with Crippen LogP contribution in [0.15, 0.2) is 27.8 Å². The lowest BCUT2D eigenvalue weighted by atomic mass is 10.2. The van der Waals surface area contributed by atoms with Crippen molar-refractivity contribution >= 4 is 15.7 Å². The number of nitrogens with one attached hydrogen (secondary N) is 1. The Bertz CT molecular complexity index is 739. The fourth-order valence-corrected chi connectivity index (χ4v) is 3.87. The molecular weight excluding hydrogens is 290 g/mol. The molecule has 1 aliphatic rings. The molecule has 0 radical (unpaired) electrons. The molecule has 1 aliphatic carbocycles. The van der Waals surface area contributed by atoms with Gasteiger partial charge in [-0.15, -0.1) is 0 Å². The number of hydrogen-bond acceptors (Lipinski definition) is 4. The van der Waals surface area contributed by atoms with Gasteiger partial charge in [0.05, 0.1) is 23.6 Å². The molecular formula is C14H19N3O3S. The maximum atomic E-state index is 12.3. The number of rotatable bonds is 4. The summed E-state index contributed by atoms with van der Waals surface area (Å²) in [6, 6.07) is 3.46. The van der Waals surface area contributed by atoms with Crippen LogP contribution in [0.3, 0.4) is 0 Å². The maximum Gasteiger partial charge on any atom is 0.295 e. The minimum Gasteiger partial charge on any atom is -0.448 e. The third kappa shape index (κ3) is 2.70. The topological polar surface area (TPSA) is 77.1 Å². The molecule has 2 aromatic rings. The molecule has 0 saturated heterocycles. The molecule has 6 nitrogen and oxygen atoms in total. The van der Waals surface area contributed by atoms with Gasteiger partial charge in [0.1, 0.15) is 5.76 Å². The van der Waals surface area contributed by atoms with E-state index in [1.165, 1.54) is 18.9 Å². The Morgan fingerprint density at radius 1 is 1.29 bits per heavy atom. The SMILES string of the molecule is Cc1ccc(S(=O)(=O)Nc2cnn(C3CCCC3)c2C)o1. The van der Waals surface area contributed by atoms with Crippen molar-refractivity contribution in [3.63, 3.8) is 0 Å². The number of sulfonamides is 1. The smallest absolute Gasteiger partial charge is 0.295 e. The van der Waals surface area contributed by atoms with Crippen molar-refractivity contribution in [3.05, 3.63) is 29.8 Å². The van der Waals surface area contributed by atoms with Gasteiger partial charge in [-0.25, -0.2) is 0 Å². The lowest BCUT2D eigenvalue weighted by Crippen LogP contribution is -2.13. The number of furan rings is 1. The van der Waals surface area contributed by atoms with Crippen molar-refractivity contribution < 1.29 is 12.8 Å². The third-order valence-electron chi connectivity index (χ3n) is 3.94. The maximum absolute atomic E-state index is 12.3. The number of aryl methyl sites for hydroxylation is 1. The van der Waals surface area contributed by atoms with E-state index in [9.17, 15) is 8.42 Å². The van der Waals surface area contributed by atoms with Gasteiger partial charge < -0.3 is 4.42 Å². The summed E-state index contributed by atoms with van der Waals surface area (Å²) in [5.41, 5.74) is 1.35. The second-order valence-electron chi connectivity index (χ2n) is 5.50. The van der Waals surface area contributed by atoms with Gasteiger partial charge in [-0.1, -0.05) is 12.8 Å². The summed E-state index contributed by atoms with van der Waals surface area (Å²) in [5, 5.41) is 4.26. The van der Waals surface area contributed by atoms with E-state index in [4.69, 9.17) is 4.42 Å². The summed E-state index contributed by atoms with van der Waals surface area (Å²) in [7, 11) is -3.70. The van der Waals surface area contributed by atoms with Crippen molar-refractivity contribution in [1.82, 2.24) is 9.78 Å². The first-order valence-corrected chi connectivity index (χ1v) is 8.59. The Labute approximate surface area is 124 Å². The van der Waals surface area contributed by atoms with Crippen molar-refractivity contribution in [2.45, 2.75) is 50.7 Å². The quantitative estimate of drug-likeness (QED) is 0.941. The van der Waals surface area contributed by atoms with E-state index in [-0.39, 0.29) is 5.09 Å². The molecule has 7 heteroatoms. The molecule has 0 aliphatic heterocycles. The fraction of sp³-hybridized carbons (Fsp3) is 0.500. The van der Waals surface area contributed by atoms with E-state index in [0.717, 1.165) is 18.5 Å². The highest BCUT2D eigenvalue weighted by molar-refractivity contribution is 7.92. The van der Waals surface area contributed by atoms with Crippen LogP contribution in [0, 0.1) is 13.8 Å². The predicted octanol–water partition coefficient (Wildman–Crippen LogP) is 3.01. The van der Waals surface area contributed by atoms with Gasteiger partial charge in [-0.2, -0.15) is 13.5 Å². The number of nitrogens with zero attached hydrogens (tertiary/aromatic N) is 2. The molecule has 2 aromatic heterocycles. The van der Waals surface area contributed by atoms with Crippen LogP contribution in [0.4, 0.5) is 5.69 Å². The molecule has 1 N–H and O–H groups in total. The number of anilines is 1. The molecule has 3 rings (SSSR count). The van der Waals surface area contributed by atoms with Crippen LogP contribution in [-0.4, -0.2) is 18.2 Å². The zero-order chi connectivity index (χ0) is 15.0. The summed E-state index contributed by atoms with van der Waals surface area (Å²) in [5.74, 6) is 0.564. The zero-order valence-corrected chi connectivity index (χ0v) is 13.0. The third-order valence-corrected chi connectivity index (χ3v) is 5.18. The van der Waals surface area contributed by atoms with Crippen molar-refractivity contribution in [2.24, 2.45) is 0 Å². The first-order chi connectivity index (χ1) is 9.97. The van der Waals surface area contributed by atoms with E-state index in [1.807, 2.05) is 11.6 Å². The minimum absolute atomic E-state index is 0.0759. The van der Waals surface area contributed by atoms with E-state index in [2.05, 4.69) is 9.82 Å². The second-order valence-corrected chi connectivity index (χ2v) is 7.11. The lowest BCUT2D eigenvalue weighted by Gasteiger charge is -2.12. The van der Waals surface area contributed by atoms with Gasteiger partial charge in [0.15, 0.2) is 0 Å². The van der Waals surface area contributed by atoms with Gasteiger partial charge in [0.2, 0.25) is 5.09 Å². The first-order valence-electron chi connectivity index (χ1n) is 7.11. The summed E-state index contributed by atoms with van der Waals surface area (Å²) in [4.78, 5) is 0. The van der Waals surface area contributed by atoms with E-state index >= 15 is 0 Å². The molecule has 114 valence electrons. The average molecular weight is 309 g/mol. The van der Waals surface area contributed by atoms with Crippen molar-refractivity contribution in [2.75, 3.05) is 4.72 Å². The van der Waals surface area contributed by atoms with Gasteiger partial charge in [0.25, 0.3) is 10.0 Å². The summed E-state index contributed by atoms with van der Waals surface area (Å²) in [6.45, 7) is 3.60. The molecule has 0 atom stereocenters. The van der Waals surface area contributed by atoms with Crippen LogP contribution in [0.1, 0.15) is 43.2 Å². The Morgan fingerprint density at radius 2 is 2.00 bits per heavy atom. The average Bonchev–Trinajstić information content (AvgIpc) is 3.12. The van der Waals surface area contributed by atoms with Crippen LogP contribution < -0.4 is 4.72 Å². The monoisotopic (exact) mass is 309 g/mol. The van der Waals surface area contributed by atoms with Crippen molar-refractivity contribution in [3.8, 4) is 0 Å². The Hall–Kier alpha value is -1.76. The second kappa shape index (κ2) is 5.22. The summed E-state index contributed by atoms with van der Waals surface area (Å²) >= 11 is 0. The van der Waals surface area contributed by atoms with Gasteiger partial charge in [-0.05, 0) is 38.8 Å². The summed E-state index contributed by atoms with van der Waals surface area (Å²) < 4.78 is 34.2. The van der Waals surface area contributed by atoms with E-state index in [1.54, 1.807) is 19.2 Å².